The molecule has 0 aromatic carbocycles. The number of carboxylic acids is 1. The monoisotopic (exact) mass is 201 g/mol. The van der Waals surface area contributed by atoms with Gasteiger partial charge in [-0.3, -0.25) is 4.79 Å². The van der Waals surface area contributed by atoms with Crippen molar-refractivity contribution >= 4 is 5.97 Å². The lowest BCUT2D eigenvalue weighted by atomic mass is 9.93. The highest BCUT2D eigenvalue weighted by Crippen LogP contribution is 2.14. The molecular formula is C11H23NO2. The van der Waals surface area contributed by atoms with Gasteiger partial charge in [-0.15, -0.1) is 0 Å². The van der Waals surface area contributed by atoms with E-state index in [1.165, 1.54) is 0 Å². The van der Waals surface area contributed by atoms with Crippen molar-refractivity contribution in [3.63, 3.8) is 0 Å². The minimum atomic E-state index is -0.739. The van der Waals surface area contributed by atoms with Crippen LogP contribution in [-0.2, 0) is 4.79 Å². The summed E-state index contributed by atoms with van der Waals surface area (Å²) in [5.41, 5.74) is -0.666. The molecule has 0 radical (unpaired) electrons. The van der Waals surface area contributed by atoms with Gasteiger partial charge in [0.15, 0.2) is 0 Å². The van der Waals surface area contributed by atoms with Crippen LogP contribution in [0.15, 0.2) is 0 Å². The van der Waals surface area contributed by atoms with Crippen molar-refractivity contribution in [1.29, 1.82) is 0 Å². The molecule has 1 unspecified atom stereocenters. The highest BCUT2D eigenvalue weighted by atomic mass is 16.4. The van der Waals surface area contributed by atoms with E-state index in [1.54, 1.807) is 13.8 Å². The molecule has 0 heterocycles. The minimum Gasteiger partial charge on any atom is -0.481 e. The molecule has 0 saturated heterocycles. The van der Waals surface area contributed by atoms with Crippen LogP contribution in [0.2, 0.25) is 0 Å². The highest BCUT2D eigenvalue weighted by molar-refractivity contribution is 5.73. The summed E-state index contributed by atoms with van der Waals surface area (Å²) in [6, 6.07) is 0.457. The predicted octanol–water partition coefficient (Wildman–Crippen LogP) is 2.27. The molecule has 84 valence electrons. The molecule has 3 nitrogen and oxygen atoms in total. The second kappa shape index (κ2) is 6.02. The minimum absolute atomic E-state index is 0.457. The molecule has 0 rings (SSSR count). The van der Waals surface area contributed by atoms with Crippen molar-refractivity contribution in [3.8, 4) is 0 Å². The summed E-state index contributed by atoms with van der Waals surface area (Å²) in [5.74, 6) is -0.739. The van der Waals surface area contributed by atoms with Crippen molar-refractivity contribution in [2.75, 3.05) is 6.54 Å². The first-order valence-electron chi connectivity index (χ1n) is 5.40. The number of carboxylic acid groups (broad SMARTS) is 1. The SMILES string of the molecule is CCCC(CC)NCC(C)(C)C(=O)O. The van der Waals surface area contributed by atoms with Gasteiger partial charge in [-0.1, -0.05) is 20.3 Å². The van der Waals surface area contributed by atoms with Crippen LogP contribution in [0.3, 0.4) is 0 Å². The molecule has 1 atom stereocenters. The van der Waals surface area contributed by atoms with Gasteiger partial charge in [0.2, 0.25) is 0 Å². The Morgan fingerprint density at radius 3 is 2.36 bits per heavy atom. The van der Waals surface area contributed by atoms with Gasteiger partial charge >= 0.3 is 5.97 Å². The third kappa shape index (κ3) is 4.61. The van der Waals surface area contributed by atoms with Crippen molar-refractivity contribution < 1.29 is 9.90 Å². The van der Waals surface area contributed by atoms with Gasteiger partial charge in [-0.05, 0) is 26.7 Å². The zero-order valence-corrected chi connectivity index (χ0v) is 9.76. The number of rotatable bonds is 7. The van der Waals surface area contributed by atoms with Crippen LogP contribution < -0.4 is 5.32 Å². The van der Waals surface area contributed by atoms with E-state index in [-0.39, 0.29) is 0 Å². The first-order chi connectivity index (χ1) is 6.44. The highest BCUT2D eigenvalue weighted by Gasteiger charge is 2.27. The maximum absolute atomic E-state index is 10.8. The van der Waals surface area contributed by atoms with E-state index in [4.69, 9.17) is 5.11 Å². The van der Waals surface area contributed by atoms with Crippen LogP contribution >= 0.6 is 0 Å². The Kier molecular flexibility index (Phi) is 5.77. The third-order valence-electron chi connectivity index (χ3n) is 2.54. The van der Waals surface area contributed by atoms with Crippen LogP contribution in [0, 0.1) is 5.41 Å². The Morgan fingerprint density at radius 2 is 2.00 bits per heavy atom. The number of carbonyl (C=O) groups is 1. The van der Waals surface area contributed by atoms with Crippen LogP contribution in [0.5, 0.6) is 0 Å². The Morgan fingerprint density at radius 1 is 1.43 bits per heavy atom. The predicted molar refractivity (Wildman–Crippen MR) is 58.4 cm³/mol. The van der Waals surface area contributed by atoms with Gasteiger partial charge in [0.25, 0.3) is 0 Å². The van der Waals surface area contributed by atoms with Crippen LogP contribution in [0.4, 0.5) is 0 Å². The summed E-state index contributed by atoms with van der Waals surface area (Å²) in [6.45, 7) is 8.32. The van der Waals surface area contributed by atoms with E-state index in [2.05, 4.69) is 19.2 Å². The summed E-state index contributed by atoms with van der Waals surface area (Å²) in [4.78, 5) is 10.8. The number of aliphatic carboxylic acids is 1. The molecule has 0 aromatic heterocycles. The summed E-state index contributed by atoms with van der Waals surface area (Å²) in [7, 11) is 0. The van der Waals surface area contributed by atoms with E-state index in [0.29, 0.717) is 12.6 Å². The zero-order valence-electron chi connectivity index (χ0n) is 9.76. The Hall–Kier alpha value is -0.570. The maximum Gasteiger partial charge on any atom is 0.310 e. The molecule has 0 aromatic rings. The number of hydrogen-bond acceptors (Lipinski definition) is 2. The van der Waals surface area contributed by atoms with Gasteiger partial charge in [-0.25, -0.2) is 0 Å². The van der Waals surface area contributed by atoms with Crippen molar-refractivity contribution in [3.05, 3.63) is 0 Å². The fourth-order valence-electron chi connectivity index (χ4n) is 1.27. The normalized spacial score (nSPS) is 14.0. The Bertz CT molecular complexity index is 178. The van der Waals surface area contributed by atoms with Crippen molar-refractivity contribution in [2.45, 2.75) is 53.0 Å². The number of hydrogen-bond donors (Lipinski definition) is 2. The first kappa shape index (κ1) is 13.4. The summed E-state index contributed by atoms with van der Waals surface area (Å²) in [6.07, 6.45) is 3.31. The topological polar surface area (TPSA) is 49.3 Å². The number of nitrogens with one attached hydrogen (secondary N) is 1. The average molecular weight is 201 g/mol. The molecule has 0 saturated carbocycles. The fraction of sp³-hybridized carbons (Fsp3) is 0.909. The molecule has 14 heavy (non-hydrogen) atoms. The molecule has 0 amide bonds. The zero-order chi connectivity index (χ0) is 11.2. The molecule has 3 heteroatoms. The van der Waals surface area contributed by atoms with Gasteiger partial charge < -0.3 is 10.4 Å². The summed E-state index contributed by atoms with van der Waals surface area (Å²) >= 11 is 0. The lowest BCUT2D eigenvalue weighted by Gasteiger charge is -2.24. The van der Waals surface area contributed by atoms with Crippen LogP contribution in [0.1, 0.15) is 47.0 Å². The largest absolute Gasteiger partial charge is 0.481 e. The van der Waals surface area contributed by atoms with Gasteiger partial charge in [0, 0.05) is 12.6 Å². The first-order valence-corrected chi connectivity index (χ1v) is 5.40. The van der Waals surface area contributed by atoms with E-state index in [9.17, 15) is 4.79 Å². The summed E-state index contributed by atoms with van der Waals surface area (Å²) in [5, 5.41) is 12.2. The smallest absolute Gasteiger partial charge is 0.310 e. The standard InChI is InChI=1S/C11H23NO2/c1-5-7-9(6-2)12-8-11(3,4)10(13)14/h9,12H,5-8H2,1-4H3,(H,13,14). The third-order valence-corrected chi connectivity index (χ3v) is 2.54. The Labute approximate surface area is 86.9 Å². The van der Waals surface area contributed by atoms with Gasteiger partial charge in [-0.2, -0.15) is 0 Å². The summed E-state index contributed by atoms with van der Waals surface area (Å²) < 4.78 is 0. The molecule has 0 aliphatic heterocycles. The van der Waals surface area contributed by atoms with E-state index in [1.807, 2.05) is 0 Å². The second-order valence-electron chi connectivity index (χ2n) is 4.46. The molecule has 0 aliphatic rings. The molecule has 2 N–H and O–H groups in total. The van der Waals surface area contributed by atoms with Crippen molar-refractivity contribution in [2.24, 2.45) is 5.41 Å². The van der Waals surface area contributed by atoms with Gasteiger partial charge in [0.05, 0.1) is 5.41 Å². The second-order valence-corrected chi connectivity index (χ2v) is 4.46. The van der Waals surface area contributed by atoms with E-state index < -0.39 is 11.4 Å². The molecule has 0 bridgehead atoms. The fourth-order valence-corrected chi connectivity index (χ4v) is 1.27. The quantitative estimate of drug-likeness (QED) is 0.664. The van der Waals surface area contributed by atoms with Gasteiger partial charge in [0.1, 0.15) is 0 Å². The van der Waals surface area contributed by atoms with E-state index >= 15 is 0 Å². The van der Waals surface area contributed by atoms with Crippen molar-refractivity contribution in [1.82, 2.24) is 5.32 Å². The van der Waals surface area contributed by atoms with E-state index in [0.717, 1.165) is 19.3 Å². The lowest BCUT2D eigenvalue weighted by Crippen LogP contribution is -2.40. The molecule has 0 spiro atoms. The lowest BCUT2D eigenvalue weighted by molar-refractivity contribution is -0.146. The molecule has 0 aliphatic carbocycles. The average Bonchev–Trinajstić information content (AvgIpc) is 2.12. The maximum atomic E-state index is 10.8. The molecule has 0 fully saturated rings. The Balaban J connectivity index is 3.95. The molecular weight excluding hydrogens is 178 g/mol. The van der Waals surface area contributed by atoms with Crippen LogP contribution in [0.25, 0.3) is 0 Å². The van der Waals surface area contributed by atoms with Crippen LogP contribution in [-0.4, -0.2) is 23.7 Å².